The van der Waals surface area contributed by atoms with E-state index in [4.69, 9.17) is 8.42 Å². The van der Waals surface area contributed by atoms with E-state index in [-0.39, 0.29) is 5.82 Å². The van der Waals surface area contributed by atoms with Gasteiger partial charge in [0.05, 0.1) is 0 Å². The van der Waals surface area contributed by atoms with Gasteiger partial charge >= 0.3 is 10.6 Å². The molecule has 74 valence electrons. The van der Waals surface area contributed by atoms with Crippen molar-refractivity contribution in [3.05, 3.63) is 35.6 Å². The Morgan fingerprint density at radius 2 is 1.69 bits per heavy atom. The van der Waals surface area contributed by atoms with E-state index >= 15 is 0 Å². The Morgan fingerprint density at radius 1 is 1.23 bits per heavy atom. The minimum Gasteiger partial charge on any atom is -0.207 e. The lowest BCUT2D eigenvalue weighted by atomic mass is 10.2. The fourth-order valence-electron chi connectivity index (χ4n) is 0.606. The van der Waals surface area contributed by atoms with E-state index in [0.29, 0.717) is 0 Å². The van der Waals surface area contributed by atoms with Gasteiger partial charge in [-0.25, -0.2) is 4.39 Å². The molecule has 0 saturated carbocycles. The summed E-state index contributed by atoms with van der Waals surface area (Å²) in [4.78, 5) is 0. The third-order valence-electron chi connectivity index (χ3n) is 0.980. The number of halogens is 3. The van der Waals surface area contributed by atoms with Gasteiger partial charge < -0.3 is 0 Å². The van der Waals surface area contributed by atoms with Crippen molar-refractivity contribution in [3.8, 4) is 0 Å². The summed E-state index contributed by atoms with van der Waals surface area (Å²) >= 11 is 0. The van der Waals surface area contributed by atoms with Gasteiger partial charge in [-0.1, -0.05) is 19.9 Å². The van der Waals surface area contributed by atoms with E-state index in [2.05, 4.69) is 0 Å². The van der Waals surface area contributed by atoms with E-state index in [9.17, 15) is 12.2 Å². The molecule has 0 spiro atoms. The Hall–Kier alpha value is -1.04. The van der Waals surface area contributed by atoms with Crippen molar-refractivity contribution in [1.29, 1.82) is 0 Å². The summed E-state index contributed by atoms with van der Waals surface area (Å²) in [7, 11) is -5.67. The van der Waals surface area contributed by atoms with Gasteiger partial charge in [0.2, 0.25) is 0 Å². The van der Waals surface area contributed by atoms with Crippen LogP contribution in [-0.4, -0.2) is 8.42 Å². The Bertz CT molecular complexity index is 337. The molecule has 0 bridgehead atoms. The fraction of sp³-hybridized carbons (Fsp3) is 0.143. The molecule has 13 heavy (non-hydrogen) atoms. The van der Waals surface area contributed by atoms with Gasteiger partial charge in [0.1, 0.15) is 5.82 Å². The van der Waals surface area contributed by atoms with Gasteiger partial charge in [0, 0.05) is 0 Å². The van der Waals surface area contributed by atoms with Crippen molar-refractivity contribution in [2.24, 2.45) is 0 Å². The van der Waals surface area contributed by atoms with Crippen LogP contribution >= 0.6 is 0 Å². The van der Waals surface area contributed by atoms with Crippen LogP contribution in [-0.2, 0) is 10.6 Å². The number of benzene rings is 1. The van der Waals surface area contributed by atoms with Gasteiger partial charge in [0.15, 0.2) is 0 Å². The van der Waals surface area contributed by atoms with Crippen LogP contribution in [0.25, 0.3) is 0 Å². The molecule has 0 aliphatic carbocycles. The summed E-state index contributed by atoms with van der Waals surface area (Å²) in [6, 6.07) is 6.50. The quantitative estimate of drug-likeness (QED) is 0.618. The van der Waals surface area contributed by atoms with E-state index in [0.717, 1.165) is 5.56 Å². The van der Waals surface area contributed by atoms with Gasteiger partial charge in [0.25, 0.3) is 0 Å². The Labute approximate surface area is 74.5 Å². The smallest absolute Gasteiger partial charge is 0.207 e. The second-order valence-corrected chi connectivity index (χ2v) is 2.93. The van der Waals surface area contributed by atoms with Crippen LogP contribution in [0.15, 0.2) is 24.3 Å². The van der Waals surface area contributed by atoms with Crippen molar-refractivity contribution in [2.75, 3.05) is 0 Å². The van der Waals surface area contributed by atoms with Crippen LogP contribution in [0.5, 0.6) is 0 Å². The summed E-state index contributed by atoms with van der Waals surface area (Å²) < 4.78 is 48.8. The van der Waals surface area contributed by atoms with Crippen molar-refractivity contribution < 1.29 is 20.6 Å². The Morgan fingerprint density at radius 3 is 1.92 bits per heavy atom. The van der Waals surface area contributed by atoms with Crippen LogP contribution in [0.2, 0.25) is 0 Å². The van der Waals surface area contributed by atoms with Crippen molar-refractivity contribution in [2.45, 2.75) is 6.92 Å². The molecule has 1 aromatic rings. The summed E-state index contributed by atoms with van der Waals surface area (Å²) in [6.45, 7) is 1.86. The largest absolute Gasteiger partial charge is 0.476 e. The molecular weight excluding hydrogens is 205 g/mol. The number of aryl methyl sites for hydroxylation is 1. The van der Waals surface area contributed by atoms with E-state index in [1.165, 1.54) is 12.1 Å². The van der Waals surface area contributed by atoms with Gasteiger partial charge in [-0.15, -0.1) is 0 Å². The van der Waals surface area contributed by atoms with Gasteiger partial charge in [-0.3, -0.25) is 0 Å². The zero-order valence-corrected chi connectivity index (χ0v) is 7.48. The van der Waals surface area contributed by atoms with Crippen molar-refractivity contribution >= 4 is 10.6 Å². The molecular formula is C7H7F3O2S. The molecule has 6 heteroatoms. The first kappa shape index (κ1) is 12.0. The zero-order valence-electron chi connectivity index (χ0n) is 6.67. The summed E-state index contributed by atoms with van der Waals surface area (Å²) in [5, 5.41) is 0. The SMILES string of the molecule is Cc1cccc(F)c1.O=S(=O)(F)F. The summed E-state index contributed by atoms with van der Waals surface area (Å²) in [5.74, 6) is -0.162. The average molecular weight is 212 g/mol. The lowest BCUT2D eigenvalue weighted by Gasteiger charge is -1.87. The molecule has 0 heterocycles. The van der Waals surface area contributed by atoms with E-state index in [1.54, 1.807) is 6.07 Å². The Kier molecular flexibility index (Phi) is 4.47. The number of hydrogen-bond acceptors (Lipinski definition) is 2. The number of hydrogen-bond donors (Lipinski definition) is 0. The molecule has 0 aromatic heterocycles. The van der Waals surface area contributed by atoms with Crippen LogP contribution in [0.3, 0.4) is 0 Å². The third-order valence-corrected chi connectivity index (χ3v) is 0.980. The van der Waals surface area contributed by atoms with Crippen LogP contribution in [0, 0.1) is 12.7 Å². The minimum absolute atomic E-state index is 0.162. The van der Waals surface area contributed by atoms with E-state index < -0.39 is 10.6 Å². The molecule has 0 radical (unpaired) electrons. The molecule has 0 aliphatic heterocycles. The maximum atomic E-state index is 12.2. The zero-order chi connectivity index (χ0) is 10.5. The summed E-state index contributed by atoms with van der Waals surface area (Å²) in [5.41, 5.74) is 0.963. The van der Waals surface area contributed by atoms with Gasteiger partial charge in [-0.05, 0) is 24.6 Å². The topological polar surface area (TPSA) is 34.1 Å². The highest BCUT2D eigenvalue weighted by molar-refractivity contribution is 7.81. The van der Waals surface area contributed by atoms with Crippen LogP contribution < -0.4 is 0 Å². The molecule has 0 unspecified atom stereocenters. The second kappa shape index (κ2) is 4.86. The van der Waals surface area contributed by atoms with Crippen LogP contribution in [0.4, 0.5) is 12.2 Å². The molecule has 0 aliphatic rings. The van der Waals surface area contributed by atoms with Crippen molar-refractivity contribution in [3.63, 3.8) is 0 Å². The van der Waals surface area contributed by atoms with Crippen LogP contribution in [0.1, 0.15) is 5.56 Å². The van der Waals surface area contributed by atoms with Gasteiger partial charge in [-0.2, -0.15) is 8.42 Å². The molecule has 1 aromatic carbocycles. The first-order valence-corrected chi connectivity index (χ1v) is 4.44. The highest BCUT2D eigenvalue weighted by atomic mass is 32.3. The predicted molar refractivity (Wildman–Crippen MR) is 42.3 cm³/mol. The fourth-order valence-corrected chi connectivity index (χ4v) is 0.606. The second-order valence-electron chi connectivity index (χ2n) is 2.18. The highest BCUT2D eigenvalue weighted by Crippen LogP contribution is 1.99. The van der Waals surface area contributed by atoms with Crippen molar-refractivity contribution in [1.82, 2.24) is 0 Å². The molecule has 0 fully saturated rings. The standard InChI is InChI=1S/C7H7F.F2O2S/c1-6-3-2-4-7(8)5-6;1-5(2,3)4/h2-5H,1H3;. The maximum absolute atomic E-state index is 12.2. The predicted octanol–water partition coefficient (Wildman–Crippen LogP) is 2.30. The lowest BCUT2D eigenvalue weighted by molar-refractivity contribution is 0.501. The minimum atomic E-state index is -5.67. The average Bonchev–Trinajstić information content (AvgIpc) is 1.81. The summed E-state index contributed by atoms with van der Waals surface area (Å²) in [6.07, 6.45) is 0. The molecule has 0 saturated heterocycles. The molecule has 2 nitrogen and oxygen atoms in total. The first-order valence-electron chi connectivity index (χ1n) is 3.15. The Balaban J connectivity index is 0.000000252. The number of rotatable bonds is 0. The molecule has 0 atom stereocenters. The normalized spacial score (nSPS) is 10.2. The molecule has 0 N–H and O–H groups in total. The molecule has 1 rings (SSSR count). The molecule has 0 amide bonds. The van der Waals surface area contributed by atoms with E-state index in [1.807, 2.05) is 13.0 Å². The lowest BCUT2D eigenvalue weighted by Crippen LogP contribution is -1.72. The maximum Gasteiger partial charge on any atom is 0.476 e. The highest BCUT2D eigenvalue weighted by Gasteiger charge is 1.94. The first-order chi connectivity index (χ1) is 5.79. The third kappa shape index (κ3) is 11.0. The monoisotopic (exact) mass is 212 g/mol.